The van der Waals surface area contributed by atoms with E-state index in [1.807, 2.05) is 16.0 Å². The Kier molecular flexibility index (Phi) is 2.61. The number of halogens is 2. The van der Waals surface area contributed by atoms with Crippen LogP contribution >= 0.6 is 11.3 Å². The van der Waals surface area contributed by atoms with Gasteiger partial charge in [0.1, 0.15) is 0 Å². The molecule has 2 aromatic heterocycles. The van der Waals surface area contributed by atoms with Crippen molar-refractivity contribution in [2.45, 2.75) is 6.54 Å². The van der Waals surface area contributed by atoms with Crippen molar-refractivity contribution in [2.24, 2.45) is 5.73 Å². The highest BCUT2D eigenvalue weighted by Crippen LogP contribution is 2.27. The summed E-state index contributed by atoms with van der Waals surface area (Å²) in [6.45, 7) is 0.353. The van der Waals surface area contributed by atoms with Gasteiger partial charge in [-0.1, -0.05) is 0 Å². The van der Waals surface area contributed by atoms with Crippen molar-refractivity contribution < 1.29 is 8.78 Å². The molecule has 0 spiro atoms. The number of thiazole rings is 1. The molecule has 0 bridgehead atoms. The summed E-state index contributed by atoms with van der Waals surface area (Å²) in [4.78, 5) is 5.09. The van der Waals surface area contributed by atoms with Crippen molar-refractivity contribution in [1.82, 2.24) is 9.38 Å². The molecule has 18 heavy (non-hydrogen) atoms. The lowest BCUT2D eigenvalue weighted by molar-refractivity contribution is 0.509. The summed E-state index contributed by atoms with van der Waals surface area (Å²) < 4.78 is 28.0. The first-order chi connectivity index (χ1) is 8.69. The zero-order valence-electron chi connectivity index (χ0n) is 9.23. The molecule has 3 rings (SSSR count). The monoisotopic (exact) mass is 265 g/mol. The van der Waals surface area contributed by atoms with Crippen LogP contribution in [-0.4, -0.2) is 9.38 Å². The fourth-order valence-electron chi connectivity index (χ4n) is 1.79. The van der Waals surface area contributed by atoms with E-state index in [9.17, 15) is 8.78 Å². The van der Waals surface area contributed by atoms with Gasteiger partial charge in [-0.2, -0.15) is 0 Å². The van der Waals surface area contributed by atoms with Gasteiger partial charge < -0.3 is 5.73 Å². The summed E-state index contributed by atoms with van der Waals surface area (Å²) in [6.07, 6.45) is 1.81. The Morgan fingerprint density at radius 3 is 2.83 bits per heavy atom. The molecular formula is C12H9F2N3S. The van der Waals surface area contributed by atoms with E-state index in [2.05, 4.69) is 4.98 Å². The van der Waals surface area contributed by atoms with Crippen molar-refractivity contribution in [1.29, 1.82) is 0 Å². The minimum atomic E-state index is -0.856. The standard InChI is InChI=1S/C12H9F2N3S/c13-9-2-1-7(3-10(9)14)11-6-18-12-16-8(4-15)5-17(11)12/h1-3,5-6H,4,15H2. The Morgan fingerprint density at radius 1 is 1.28 bits per heavy atom. The van der Waals surface area contributed by atoms with E-state index in [0.717, 1.165) is 22.4 Å². The number of hydrogen-bond acceptors (Lipinski definition) is 3. The second kappa shape index (κ2) is 4.15. The van der Waals surface area contributed by atoms with Crippen LogP contribution in [0.25, 0.3) is 16.2 Å². The number of nitrogens with zero attached hydrogens (tertiary/aromatic N) is 2. The fraction of sp³-hybridized carbons (Fsp3) is 0.0833. The third-order valence-corrected chi connectivity index (χ3v) is 3.52. The lowest BCUT2D eigenvalue weighted by Gasteiger charge is -2.00. The van der Waals surface area contributed by atoms with Crippen LogP contribution in [0.4, 0.5) is 8.78 Å². The van der Waals surface area contributed by atoms with Crippen molar-refractivity contribution in [3.8, 4) is 11.3 Å². The second-order valence-electron chi connectivity index (χ2n) is 3.84. The van der Waals surface area contributed by atoms with Gasteiger partial charge in [-0.15, -0.1) is 11.3 Å². The molecule has 0 fully saturated rings. The highest BCUT2D eigenvalue weighted by atomic mass is 32.1. The van der Waals surface area contributed by atoms with Crippen LogP contribution in [0.2, 0.25) is 0 Å². The van der Waals surface area contributed by atoms with Crippen LogP contribution in [-0.2, 0) is 6.54 Å². The lowest BCUT2D eigenvalue weighted by atomic mass is 10.1. The predicted octanol–water partition coefficient (Wildman–Crippen LogP) is 2.80. The summed E-state index contributed by atoms with van der Waals surface area (Å²) >= 11 is 1.44. The summed E-state index contributed by atoms with van der Waals surface area (Å²) in [5, 5.41) is 1.86. The minimum Gasteiger partial charge on any atom is -0.325 e. The molecule has 92 valence electrons. The number of rotatable bonds is 2. The molecule has 3 nitrogen and oxygen atoms in total. The van der Waals surface area contributed by atoms with Crippen LogP contribution in [0, 0.1) is 11.6 Å². The summed E-state index contributed by atoms with van der Waals surface area (Å²) in [5.41, 5.74) is 7.68. The zero-order chi connectivity index (χ0) is 12.7. The molecule has 0 aliphatic heterocycles. The first kappa shape index (κ1) is 11.3. The molecule has 0 atom stereocenters. The molecule has 0 unspecified atom stereocenters. The van der Waals surface area contributed by atoms with Gasteiger partial charge in [-0.25, -0.2) is 13.8 Å². The molecule has 6 heteroatoms. The average molecular weight is 265 g/mol. The number of fused-ring (bicyclic) bond motifs is 1. The Labute approximate surface area is 106 Å². The lowest BCUT2D eigenvalue weighted by Crippen LogP contribution is -1.95. The van der Waals surface area contributed by atoms with Crippen LogP contribution in [0.3, 0.4) is 0 Å². The number of hydrogen-bond donors (Lipinski definition) is 1. The molecule has 0 radical (unpaired) electrons. The van der Waals surface area contributed by atoms with Crippen LogP contribution in [0.15, 0.2) is 29.8 Å². The minimum absolute atomic E-state index is 0.353. The largest absolute Gasteiger partial charge is 0.325 e. The van der Waals surface area contributed by atoms with E-state index in [0.29, 0.717) is 12.1 Å². The maximum Gasteiger partial charge on any atom is 0.194 e. The Morgan fingerprint density at radius 2 is 2.11 bits per heavy atom. The second-order valence-corrected chi connectivity index (χ2v) is 4.68. The number of benzene rings is 1. The molecule has 0 saturated carbocycles. The molecule has 3 aromatic rings. The van der Waals surface area contributed by atoms with Gasteiger partial charge in [0, 0.05) is 23.7 Å². The van der Waals surface area contributed by atoms with E-state index < -0.39 is 11.6 Å². The highest BCUT2D eigenvalue weighted by Gasteiger charge is 2.11. The maximum absolute atomic E-state index is 13.2. The van der Waals surface area contributed by atoms with Gasteiger partial charge in [0.05, 0.1) is 11.4 Å². The topological polar surface area (TPSA) is 43.3 Å². The van der Waals surface area contributed by atoms with E-state index in [1.165, 1.54) is 17.4 Å². The normalized spacial score (nSPS) is 11.3. The first-order valence-corrected chi connectivity index (χ1v) is 6.18. The van der Waals surface area contributed by atoms with Crippen molar-refractivity contribution in [3.05, 3.63) is 47.1 Å². The van der Waals surface area contributed by atoms with Crippen molar-refractivity contribution in [2.75, 3.05) is 0 Å². The van der Waals surface area contributed by atoms with Crippen molar-refractivity contribution >= 4 is 16.3 Å². The Hall–Kier alpha value is -1.79. The van der Waals surface area contributed by atoms with Crippen LogP contribution in [0.1, 0.15) is 5.69 Å². The molecular weight excluding hydrogens is 256 g/mol. The third-order valence-electron chi connectivity index (χ3n) is 2.68. The van der Waals surface area contributed by atoms with E-state index in [-0.39, 0.29) is 0 Å². The number of nitrogens with two attached hydrogens (primary N) is 1. The van der Waals surface area contributed by atoms with Gasteiger partial charge in [0.15, 0.2) is 16.6 Å². The Bertz CT molecular complexity index is 717. The van der Waals surface area contributed by atoms with Gasteiger partial charge >= 0.3 is 0 Å². The molecule has 2 heterocycles. The smallest absolute Gasteiger partial charge is 0.194 e. The first-order valence-electron chi connectivity index (χ1n) is 5.30. The van der Waals surface area contributed by atoms with E-state index >= 15 is 0 Å². The number of aromatic nitrogens is 2. The van der Waals surface area contributed by atoms with Gasteiger partial charge in [0.25, 0.3) is 0 Å². The van der Waals surface area contributed by atoms with Gasteiger partial charge in [-0.3, -0.25) is 4.40 Å². The van der Waals surface area contributed by atoms with E-state index in [1.54, 1.807) is 6.07 Å². The average Bonchev–Trinajstić information content (AvgIpc) is 2.92. The fourth-order valence-corrected chi connectivity index (χ4v) is 2.69. The zero-order valence-corrected chi connectivity index (χ0v) is 10.0. The van der Waals surface area contributed by atoms with Gasteiger partial charge in [-0.05, 0) is 18.2 Å². The number of imidazole rings is 1. The molecule has 0 saturated heterocycles. The van der Waals surface area contributed by atoms with Crippen LogP contribution < -0.4 is 5.73 Å². The maximum atomic E-state index is 13.2. The molecule has 0 aliphatic carbocycles. The summed E-state index contributed by atoms with van der Waals surface area (Å²) in [5.74, 6) is -1.70. The SMILES string of the molecule is NCc1cn2c(-c3ccc(F)c(F)c3)csc2n1. The quantitative estimate of drug-likeness (QED) is 0.774. The molecule has 0 aliphatic rings. The Balaban J connectivity index is 2.18. The predicted molar refractivity (Wildman–Crippen MR) is 66.3 cm³/mol. The third kappa shape index (κ3) is 1.70. The molecule has 0 amide bonds. The molecule has 1 aromatic carbocycles. The van der Waals surface area contributed by atoms with Crippen LogP contribution in [0.5, 0.6) is 0 Å². The van der Waals surface area contributed by atoms with Gasteiger partial charge in [0.2, 0.25) is 0 Å². The van der Waals surface area contributed by atoms with E-state index in [4.69, 9.17) is 5.73 Å². The van der Waals surface area contributed by atoms with Crippen molar-refractivity contribution in [3.63, 3.8) is 0 Å². The summed E-state index contributed by atoms with van der Waals surface area (Å²) in [7, 11) is 0. The highest BCUT2D eigenvalue weighted by molar-refractivity contribution is 7.15. The molecule has 2 N–H and O–H groups in total. The summed E-state index contributed by atoms with van der Waals surface area (Å²) in [6, 6.07) is 3.84.